The van der Waals surface area contributed by atoms with E-state index in [9.17, 15) is 0 Å². The molecule has 0 radical (unpaired) electrons. The van der Waals surface area contributed by atoms with Gasteiger partial charge in [-0.1, -0.05) is 0 Å². The van der Waals surface area contributed by atoms with E-state index in [0.717, 1.165) is 12.8 Å². The fraction of sp³-hybridized carbons (Fsp3) is 0.579. The Labute approximate surface area is 170 Å². The molecule has 0 aromatic carbocycles. The zero-order valence-electron chi connectivity index (χ0n) is 14.7. The molecule has 0 aliphatic heterocycles. The number of thioether (sulfide) groups is 1. The van der Waals surface area contributed by atoms with E-state index in [-0.39, 0.29) is 35.0 Å². The average molecular weight is 406 g/mol. The van der Waals surface area contributed by atoms with Crippen molar-refractivity contribution in [2.24, 2.45) is 5.41 Å². The molecule has 4 heteroatoms. The second kappa shape index (κ2) is 9.34. The molecule has 0 aromatic rings. The largest absolute Gasteiger partial charge is 1.00 e. The van der Waals surface area contributed by atoms with Gasteiger partial charge >= 0.3 is 147 Å². The summed E-state index contributed by atoms with van der Waals surface area (Å²) in [6.07, 6.45) is 15.1. The SMILES string of the molecule is CC(C)SC1(CC2=[C]([Ti+2])CC=C2)CC=CC=C1C(C)(C)C.[Cl-].[Cl-]. The molecule has 0 bridgehead atoms. The first-order valence-electron chi connectivity index (χ1n) is 7.90. The molecule has 2 aliphatic carbocycles. The number of hydrogen-bond acceptors (Lipinski definition) is 1. The minimum Gasteiger partial charge on any atom is -1.00 e. The van der Waals surface area contributed by atoms with E-state index in [1.807, 2.05) is 0 Å². The third-order valence-corrected chi connectivity index (χ3v) is 6.39. The molecule has 0 nitrogen and oxygen atoms in total. The van der Waals surface area contributed by atoms with Crippen molar-refractivity contribution in [1.29, 1.82) is 0 Å². The summed E-state index contributed by atoms with van der Waals surface area (Å²) in [6.45, 7) is 11.7. The second-order valence-corrected chi connectivity index (χ2v) is 10.3. The van der Waals surface area contributed by atoms with Crippen LogP contribution >= 0.6 is 11.8 Å². The molecule has 0 saturated carbocycles. The van der Waals surface area contributed by atoms with Gasteiger partial charge in [0.05, 0.1) is 0 Å². The summed E-state index contributed by atoms with van der Waals surface area (Å²) in [5, 5.41) is 0.647. The van der Waals surface area contributed by atoms with Crippen molar-refractivity contribution >= 4 is 11.8 Å². The molecular formula is C19H27Cl2STi. The number of rotatable bonds is 4. The van der Waals surface area contributed by atoms with Gasteiger partial charge < -0.3 is 24.8 Å². The van der Waals surface area contributed by atoms with E-state index < -0.39 is 0 Å². The minimum atomic E-state index is 0. The maximum atomic E-state index is 2.38. The van der Waals surface area contributed by atoms with Crippen LogP contribution in [0.1, 0.15) is 53.9 Å². The topological polar surface area (TPSA) is 0 Å². The van der Waals surface area contributed by atoms with Gasteiger partial charge in [0, 0.05) is 0 Å². The van der Waals surface area contributed by atoms with Gasteiger partial charge in [0.25, 0.3) is 0 Å². The average Bonchev–Trinajstić information content (AvgIpc) is 2.73. The molecule has 0 heterocycles. The summed E-state index contributed by atoms with van der Waals surface area (Å²) in [5.74, 6) is 0. The molecule has 0 saturated heterocycles. The smallest absolute Gasteiger partial charge is 1.00 e. The van der Waals surface area contributed by atoms with E-state index in [1.165, 1.54) is 6.42 Å². The number of allylic oxidation sites excluding steroid dienone is 7. The Morgan fingerprint density at radius 1 is 1.22 bits per heavy atom. The van der Waals surface area contributed by atoms with Crippen LogP contribution in [0.3, 0.4) is 0 Å². The summed E-state index contributed by atoms with van der Waals surface area (Å²) in [7, 11) is 0. The first-order chi connectivity index (χ1) is 9.74. The van der Waals surface area contributed by atoms with E-state index in [1.54, 1.807) is 15.0 Å². The van der Waals surface area contributed by atoms with Crippen LogP contribution in [-0.2, 0) is 20.4 Å². The molecule has 0 N–H and O–H groups in total. The third-order valence-electron chi connectivity index (χ3n) is 4.11. The Hall–Kier alpha value is 0.604. The van der Waals surface area contributed by atoms with Gasteiger partial charge in [-0.25, -0.2) is 0 Å². The molecule has 0 spiro atoms. The van der Waals surface area contributed by atoms with Crippen LogP contribution in [0.4, 0.5) is 0 Å². The quantitative estimate of drug-likeness (QED) is 0.591. The first-order valence-corrected chi connectivity index (χ1v) is 9.56. The maximum absolute atomic E-state index is 2.38. The second-order valence-electron chi connectivity index (χ2n) is 7.41. The normalized spacial score (nSPS) is 23.7. The van der Waals surface area contributed by atoms with Crippen LogP contribution < -0.4 is 24.8 Å². The summed E-state index contributed by atoms with van der Waals surface area (Å²) in [6, 6.07) is 0. The Balaban J connectivity index is 0.00000242. The molecule has 2 rings (SSSR count). The minimum absolute atomic E-state index is 0. The van der Waals surface area contributed by atoms with E-state index in [4.69, 9.17) is 0 Å². The predicted octanol–water partition coefficient (Wildman–Crippen LogP) is -0.0419. The first kappa shape index (κ1) is 23.6. The number of hydrogen-bond donors (Lipinski definition) is 0. The fourth-order valence-corrected chi connectivity index (χ4v) is 5.70. The Kier molecular flexibility index (Phi) is 9.59. The molecule has 0 aromatic heterocycles. The summed E-state index contributed by atoms with van der Waals surface area (Å²) in [4.78, 5) is 0. The standard InChI is InChI=1S/C19H27S.2ClH.Ti/c1-15(2)20-19(14-16-10-6-7-11-16)13-9-8-12-17(19)18(3,4)5;;;/h6,8-10,12,15H,7,13-14H2,1-5H3;2*1H;/q;;;+2/p-2. The molecule has 23 heavy (non-hydrogen) atoms. The molecular weight excluding hydrogens is 379 g/mol. The van der Waals surface area contributed by atoms with Crippen molar-refractivity contribution in [3.05, 3.63) is 45.4 Å². The molecule has 1 atom stereocenters. The van der Waals surface area contributed by atoms with Crippen LogP contribution in [0.25, 0.3) is 0 Å². The van der Waals surface area contributed by atoms with Gasteiger partial charge in [0.1, 0.15) is 0 Å². The van der Waals surface area contributed by atoms with Crippen molar-refractivity contribution in [2.45, 2.75) is 63.9 Å². The van der Waals surface area contributed by atoms with Crippen LogP contribution in [0.15, 0.2) is 45.4 Å². The summed E-state index contributed by atoms with van der Waals surface area (Å²) in [5.41, 5.74) is 3.40. The van der Waals surface area contributed by atoms with Gasteiger partial charge in [0.2, 0.25) is 0 Å². The molecule has 127 valence electrons. The van der Waals surface area contributed by atoms with Crippen molar-refractivity contribution in [1.82, 2.24) is 0 Å². The Morgan fingerprint density at radius 2 is 1.87 bits per heavy atom. The summed E-state index contributed by atoms with van der Waals surface area (Å²) < 4.78 is 1.79. The predicted molar refractivity (Wildman–Crippen MR) is 92.2 cm³/mol. The molecule has 0 fully saturated rings. The van der Waals surface area contributed by atoms with E-state index >= 15 is 0 Å². The van der Waals surface area contributed by atoms with Gasteiger partial charge in [-0.3, -0.25) is 0 Å². The van der Waals surface area contributed by atoms with Crippen LogP contribution in [0, 0.1) is 5.41 Å². The van der Waals surface area contributed by atoms with E-state index in [2.05, 4.69) is 97.2 Å². The monoisotopic (exact) mass is 405 g/mol. The Morgan fingerprint density at radius 3 is 2.35 bits per heavy atom. The van der Waals surface area contributed by atoms with Crippen LogP contribution in [0.2, 0.25) is 0 Å². The summed E-state index contributed by atoms with van der Waals surface area (Å²) >= 11 is 4.45. The fourth-order valence-electron chi connectivity index (χ4n) is 3.41. The van der Waals surface area contributed by atoms with Crippen molar-refractivity contribution in [3.63, 3.8) is 0 Å². The van der Waals surface area contributed by atoms with Crippen LogP contribution in [-0.4, -0.2) is 10.00 Å². The molecule has 1 unspecified atom stereocenters. The van der Waals surface area contributed by atoms with Gasteiger partial charge in [-0.2, -0.15) is 0 Å². The zero-order valence-corrected chi connectivity index (χ0v) is 18.6. The van der Waals surface area contributed by atoms with Gasteiger partial charge in [0.15, 0.2) is 0 Å². The Bertz CT molecular complexity index is 524. The molecule has 2 aliphatic rings. The zero-order chi connectivity index (χ0) is 15.7. The van der Waals surface area contributed by atoms with Crippen molar-refractivity contribution in [3.8, 4) is 0 Å². The van der Waals surface area contributed by atoms with Gasteiger partial charge in [-0.15, -0.1) is 0 Å². The van der Waals surface area contributed by atoms with Crippen molar-refractivity contribution < 1.29 is 45.2 Å². The molecule has 0 amide bonds. The van der Waals surface area contributed by atoms with Gasteiger partial charge in [-0.05, 0) is 0 Å². The maximum Gasteiger partial charge on any atom is -1.00 e. The number of halogens is 2. The van der Waals surface area contributed by atoms with E-state index in [0.29, 0.717) is 5.25 Å². The third kappa shape index (κ3) is 5.82. The van der Waals surface area contributed by atoms with Crippen LogP contribution in [0.5, 0.6) is 0 Å². The van der Waals surface area contributed by atoms with Crippen molar-refractivity contribution in [2.75, 3.05) is 0 Å².